The fraction of sp³-hybridized carbons (Fsp3) is 0.300. The third-order valence-electron chi connectivity index (χ3n) is 2.00. The van der Waals surface area contributed by atoms with Crippen LogP contribution in [0.25, 0.3) is 0 Å². The number of hydrogen-bond donors (Lipinski definition) is 0. The summed E-state index contributed by atoms with van der Waals surface area (Å²) >= 11 is 2.99. The zero-order valence-corrected chi connectivity index (χ0v) is 10.3. The summed E-state index contributed by atoms with van der Waals surface area (Å²) in [4.78, 5) is 15.1. The van der Waals surface area contributed by atoms with Crippen LogP contribution in [0.15, 0.2) is 6.07 Å². The molecule has 0 saturated carbocycles. The van der Waals surface area contributed by atoms with Crippen molar-refractivity contribution in [1.82, 2.24) is 4.98 Å². The minimum atomic E-state index is -2.86. The van der Waals surface area contributed by atoms with Crippen LogP contribution in [0.1, 0.15) is 33.7 Å². The highest BCUT2D eigenvalue weighted by molar-refractivity contribution is 9.08. The molecule has 0 bridgehead atoms. The SMILES string of the molecule is COC(=O)c1cc(C#N)nc(CBr)c1C(F)F. The Kier molecular flexibility index (Phi) is 4.52. The van der Waals surface area contributed by atoms with Gasteiger partial charge in [0.15, 0.2) is 0 Å². The predicted octanol–water partition coefficient (Wildman–Crippen LogP) is 2.57. The maximum absolute atomic E-state index is 12.9. The normalized spacial score (nSPS) is 10.1. The second kappa shape index (κ2) is 5.68. The first kappa shape index (κ1) is 13.5. The van der Waals surface area contributed by atoms with Crippen LogP contribution in [-0.4, -0.2) is 18.1 Å². The molecule has 1 aromatic rings. The largest absolute Gasteiger partial charge is 0.465 e. The molecule has 1 rings (SSSR count). The number of ether oxygens (including phenoxy) is 1. The molecule has 0 N–H and O–H groups in total. The summed E-state index contributed by atoms with van der Waals surface area (Å²) in [5.74, 6) is -0.915. The fourth-order valence-corrected chi connectivity index (χ4v) is 1.72. The van der Waals surface area contributed by atoms with Crippen LogP contribution in [-0.2, 0) is 10.1 Å². The second-order valence-electron chi connectivity index (χ2n) is 2.95. The Balaban J connectivity index is 3.53. The van der Waals surface area contributed by atoms with Crippen LogP contribution < -0.4 is 0 Å². The first-order valence-electron chi connectivity index (χ1n) is 4.41. The van der Waals surface area contributed by atoms with Gasteiger partial charge in [-0.3, -0.25) is 0 Å². The number of halogens is 3. The number of carbonyl (C=O) groups excluding carboxylic acids is 1. The molecule has 0 aliphatic rings. The lowest BCUT2D eigenvalue weighted by molar-refractivity contribution is 0.0588. The van der Waals surface area contributed by atoms with E-state index in [1.807, 2.05) is 0 Å². The quantitative estimate of drug-likeness (QED) is 0.636. The molecule has 0 aliphatic carbocycles. The van der Waals surface area contributed by atoms with E-state index in [4.69, 9.17) is 5.26 Å². The molecular formula is C10H7BrF2N2O2. The van der Waals surface area contributed by atoms with Crippen LogP contribution in [0.3, 0.4) is 0 Å². The number of pyridine rings is 1. The molecule has 0 radical (unpaired) electrons. The number of methoxy groups -OCH3 is 1. The van der Waals surface area contributed by atoms with Gasteiger partial charge in [0, 0.05) is 5.33 Å². The van der Waals surface area contributed by atoms with Crippen LogP contribution in [0, 0.1) is 11.3 Å². The fourth-order valence-electron chi connectivity index (χ4n) is 1.29. The van der Waals surface area contributed by atoms with Crippen LogP contribution in [0.4, 0.5) is 8.78 Å². The van der Waals surface area contributed by atoms with Crippen molar-refractivity contribution in [3.8, 4) is 6.07 Å². The van der Waals surface area contributed by atoms with Crippen molar-refractivity contribution in [3.05, 3.63) is 28.6 Å². The summed E-state index contributed by atoms with van der Waals surface area (Å²) in [6.07, 6.45) is -2.86. The van der Waals surface area contributed by atoms with Gasteiger partial charge in [0.2, 0.25) is 0 Å². The van der Waals surface area contributed by atoms with E-state index in [1.165, 1.54) is 0 Å². The summed E-state index contributed by atoms with van der Waals surface area (Å²) < 4.78 is 30.1. The lowest BCUT2D eigenvalue weighted by Crippen LogP contribution is -2.11. The van der Waals surface area contributed by atoms with Crippen molar-refractivity contribution in [2.75, 3.05) is 7.11 Å². The highest BCUT2D eigenvalue weighted by atomic mass is 79.9. The summed E-state index contributed by atoms with van der Waals surface area (Å²) in [6, 6.07) is 2.70. The average molecular weight is 305 g/mol. The molecule has 0 aromatic carbocycles. The van der Waals surface area contributed by atoms with E-state index >= 15 is 0 Å². The zero-order valence-electron chi connectivity index (χ0n) is 8.71. The van der Waals surface area contributed by atoms with E-state index in [-0.39, 0.29) is 22.3 Å². The van der Waals surface area contributed by atoms with Gasteiger partial charge in [0.05, 0.1) is 23.9 Å². The lowest BCUT2D eigenvalue weighted by atomic mass is 10.1. The molecule has 17 heavy (non-hydrogen) atoms. The van der Waals surface area contributed by atoms with E-state index < -0.39 is 18.0 Å². The van der Waals surface area contributed by atoms with Crippen molar-refractivity contribution < 1.29 is 18.3 Å². The van der Waals surface area contributed by atoms with E-state index in [0.717, 1.165) is 13.2 Å². The Morgan fingerprint density at radius 2 is 2.35 bits per heavy atom. The summed E-state index contributed by atoms with van der Waals surface area (Å²) in [6.45, 7) is 0. The van der Waals surface area contributed by atoms with Gasteiger partial charge in [0.1, 0.15) is 11.8 Å². The maximum atomic E-state index is 12.9. The third-order valence-corrected chi connectivity index (χ3v) is 2.53. The van der Waals surface area contributed by atoms with E-state index in [2.05, 4.69) is 25.7 Å². The lowest BCUT2D eigenvalue weighted by Gasteiger charge is -2.11. The second-order valence-corrected chi connectivity index (χ2v) is 3.51. The molecule has 90 valence electrons. The van der Waals surface area contributed by atoms with E-state index in [0.29, 0.717) is 0 Å². The molecule has 0 fully saturated rings. The van der Waals surface area contributed by atoms with Gasteiger partial charge in [-0.05, 0) is 6.07 Å². The maximum Gasteiger partial charge on any atom is 0.338 e. The van der Waals surface area contributed by atoms with Gasteiger partial charge in [-0.15, -0.1) is 0 Å². The van der Waals surface area contributed by atoms with Crippen LogP contribution in [0.2, 0.25) is 0 Å². The number of carbonyl (C=O) groups is 1. The number of alkyl halides is 3. The zero-order chi connectivity index (χ0) is 13.0. The highest BCUT2D eigenvalue weighted by Gasteiger charge is 2.24. The average Bonchev–Trinajstić information content (AvgIpc) is 2.35. The van der Waals surface area contributed by atoms with E-state index in [1.54, 1.807) is 6.07 Å². The molecule has 0 unspecified atom stereocenters. The van der Waals surface area contributed by atoms with Gasteiger partial charge >= 0.3 is 5.97 Å². The summed E-state index contributed by atoms with van der Waals surface area (Å²) in [5, 5.41) is 8.72. The molecule has 0 saturated heterocycles. The number of hydrogen-bond acceptors (Lipinski definition) is 4. The summed E-state index contributed by atoms with van der Waals surface area (Å²) in [5.41, 5.74) is -0.986. The van der Waals surface area contributed by atoms with Gasteiger partial charge in [-0.1, -0.05) is 15.9 Å². The number of esters is 1. The minimum Gasteiger partial charge on any atom is -0.465 e. The van der Waals surface area contributed by atoms with Gasteiger partial charge in [-0.2, -0.15) is 5.26 Å². The first-order chi connectivity index (χ1) is 8.04. The molecule has 1 aromatic heterocycles. The molecule has 0 spiro atoms. The Bertz CT molecular complexity index is 486. The monoisotopic (exact) mass is 304 g/mol. The van der Waals surface area contributed by atoms with Crippen LogP contribution >= 0.6 is 15.9 Å². The minimum absolute atomic E-state index is 0.0200. The standard InChI is InChI=1S/C10H7BrF2N2O2/c1-17-10(16)6-2-5(4-14)15-7(3-11)8(6)9(12)13/h2,9H,3H2,1H3. The molecule has 1 heterocycles. The molecule has 7 heteroatoms. The predicted molar refractivity (Wildman–Crippen MR) is 57.9 cm³/mol. The molecule has 0 atom stereocenters. The number of rotatable bonds is 3. The molecule has 4 nitrogen and oxygen atoms in total. The number of nitriles is 1. The number of aromatic nitrogens is 1. The Hall–Kier alpha value is -1.55. The van der Waals surface area contributed by atoms with E-state index in [9.17, 15) is 13.6 Å². The Labute approximate surface area is 104 Å². The third kappa shape index (κ3) is 2.77. The smallest absolute Gasteiger partial charge is 0.338 e. The molecule has 0 aliphatic heterocycles. The number of nitrogens with zero attached hydrogens (tertiary/aromatic N) is 2. The Morgan fingerprint density at radius 3 is 2.76 bits per heavy atom. The van der Waals surface area contributed by atoms with Crippen molar-refractivity contribution in [2.45, 2.75) is 11.8 Å². The van der Waals surface area contributed by atoms with Crippen molar-refractivity contribution in [1.29, 1.82) is 5.26 Å². The topological polar surface area (TPSA) is 63.0 Å². The van der Waals surface area contributed by atoms with Crippen molar-refractivity contribution >= 4 is 21.9 Å². The van der Waals surface area contributed by atoms with Crippen molar-refractivity contribution in [2.24, 2.45) is 0 Å². The summed E-state index contributed by atoms with van der Waals surface area (Å²) in [7, 11) is 1.08. The highest BCUT2D eigenvalue weighted by Crippen LogP contribution is 2.28. The van der Waals surface area contributed by atoms with Gasteiger partial charge in [0.25, 0.3) is 6.43 Å². The Morgan fingerprint density at radius 1 is 1.71 bits per heavy atom. The van der Waals surface area contributed by atoms with Gasteiger partial charge < -0.3 is 4.74 Å². The van der Waals surface area contributed by atoms with Gasteiger partial charge in [-0.25, -0.2) is 18.6 Å². The first-order valence-corrected chi connectivity index (χ1v) is 5.53. The molecular weight excluding hydrogens is 298 g/mol. The van der Waals surface area contributed by atoms with Crippen molar-refractivity contribution in [3.63, 3.8) is 0 Å². The molecule has 0 amide bonds. The van der Waals surface area contributed by atoms with Crippen LogP contribution in [0.5, 0.6) is 0 Å².